The molecule has 0 atom stereocenters. The Morgan fingerprint density at radius 2 is 2.07 bits per heavy atom. The molecule has 0 aliphatic heterocycles. The normalized spacial score (nSPS) is 11.4. The van der Waals surface area contributed by atoms with Crippen molar-refractivity contribution in [3.8, 4) is 0 Å². The number of fused-ring (bicyclic) bond motifs is 1. The van der Waals surface area contributed by atoms with Crippen molar-refractivity contribution < 1.29 is 4.79 Å². The molecule has 3 rings (SSSR count). The third kappa shape index (κ3) is 3.99. The number of H-pyrrole nitrogens is 1. The Kier molecular flexibility index (Phi) is 5.52. The summed E-state index contributed by atoms with van der Waals surface area (Å²) in [6.45, 7) is 2.68. The van der Waals surface area contributed by atoms with Gasteiger partial charge < -0.3 is 5.73 Å². The van der Waals surface area contributed by atoms with Gasteiger partial charge >= 0.3 is 5.69 Å². The van der Waals surface area contributed by atoms with E-state index in [2.05, 4.69) is 9.97 Å². The van der Waals surface area contributed by atoms with Crippen LogP contribution in [0.15, 0.2) is 33.9 Å². The fourth-order valence-electron chi connectivity index (χ4n) is 2.90. The summed E-state index contributed by atoms with van der Waals surface area (Å²) in [5.74, 6) is -0.508. The van der Waals surface area contributed by atoms with Crippen LogP contribution < -0.4 is 17.0 Å². The van der Waals surface area contributed by atoms with Gasteiger partial charge in [-0.1, -0.05) is 19.1 Å². The molecular weight excluding hydrogens is 366 g/mol. The number of aromatic amines is 1. The maximum Gasteiger partial charge on any atom is 0.329 e. The first-order valence-electron chi connectivity index (χ1n) is 8.59. The standard InChI is InChI=1S/C18H21N5O3S/c1-3-8-23-16(19)15(17(25)21-18(23)26)12(24)9-22(2)10-14-20-11-6-4-5-7-13(11)27-14/h4-7H,3,8-10,19H2,1-2H3,(H,21,25,26). The summed E-state index contributed by atoms with van der Waals surface area (Å²) in [6.07, 6.45) is 0.654. The van der Waals surface area contributed by atoms with Gasteiger partial charge in [-0.25, -0.2) is 9.78 Å². The van der Waals surface area contributed by atoms with Gasteiger partial charge in [-0.05, 0) is 25.6 Å². The van der Waals surface area contributed by atoms with Crippen molar-refractivity contribution in [1.82, 2.24) is 19.4 Å². The number of carbonyl (C=O) groups is 1. The highest BCUT2D eigenvalue weighted by Gasteiger charge is 2.20. The summed E-state index contributed by atoms with van der Waals surface area (Å²) in [4.78, 5) is 45.1. The lowest BCUT2D eigenvalue weighted by atomic mass is 10.2. The minimum absolute atomic E-state index is 0.00641. The highest BCUT2D eigenvalue weighted by molar-refractivity contribution is 7.18. The molecular formula is C18H21N5O3S. The molecule has 142 valence electrons. The van der Waals surface area contributed by atoms with Gasteiger partial charge in [-0.3, -0.25) is 24.0 Å². The number of carbonyl (C=O) groups excluding carboxylic acids is 1. The summed E-state index contributed by atoms with van der Waals surface area (Å²) in [6, 6.07) is 7.83. The van der Waals surface area contributed by atoms with E-state index in [0.29, 0.717) is 19.5 Å². The lowest BCUT2D eigenvalue weighted by molar-refractivity contribution is 0.0941. The van der Waals surface area contributed by atoms with E-state index >= 15 is 0 Å². The number of nitrogens with two attached hydrogens (primary N) is 1. The molecule has 0 bridgehead atoms. The molecule has 0 aliphatic carbocycles. The number of nitrogens with one attached hydrogen (secondary N) is 1. The molecule has 2 heterocycles. The number of nitrogen functional groups attached to an aromatic ring is 1. The van der Waals surface area contributed by atoms with Crippen LogP contribution >= 0.6 is 11.3 Å². The Morgan fingerprint density at radius 1 is 1.33 bits per heavy atom. The number of anilines is 1. The van der Waals surface area contributed by atoms with Crippen molar-refractivity contribution in [2.75, 3.05) is 19.3 Å². The first-order valence-corrected chi connectivity index (χ1v) is 9.41. The number of nitrogens with zero attached hydrogens (tertiary/aromatic N) is 3. The zero-order valence-electron chi connectivity index (χ0n) is 15.2. The molecule has 0 saturated heterocycles. The van der Waals surface area contributed by atoms with Crippen LogP contribution in [-0.2, 0) is 13.1 Å². The number of Topliss-reactive ketones (excluding diaryl/α,β-unsaturated/α-hetero) is 1. The molecule has 3 aromatic rings. The summed E-state index contributed by atoms with van der Waals surface area (Å²) in [7, 11) is 1.77. The SMILES string of the molecule is CCCn1c(N)c(C(=O)CN(C)Cc2nc3ccccc3s2)c(=O)[nH]c1=O. The van der Waals surface area contributed by atoms with Gasteiger partial charge in [-0.15, -0.1) is 11.3 Å². The fourth-order valence-corrected chi connectivity index (χ4v) is 3.95. The summed E-state index contributed by atoms with van der Waals surface area (Å²) >= 11 is 1.56. The number of rotatable bonds is 7. The van der Waals surface area contributed by atoms with Crippen LogP contribution in [0.3, 0.4) is 0 Å². The van der Waals surface area contributed by atoms with Crippen LogP contribution in [0.4, 0.5) is 5.82 Å². The fraction of sp³-hybridized carbons (Fsp3) is 0.333. The molecule has 0 aliphatic rings. The zero-order chi connectivity index (χ0) is 19.6. The number of hydrogen-bond donors (Lipinski definition) is 2. The van der Waals surface area contributed by atoms with Crippen LogP contribution in [-0.4, -0.2) is 38.8 Å². The minimum atomic E-state index is -0.747. The minimum Gasteiger partial charge on any atom is -0.384 e. The molecule has 27 heavy (non-hydrogen) atoms. The predicted molar refractivity (Wildman–Crippen MR) is 106 cm³/mol. The molecule has 0 amide bonds. The molecule has 0 unspecified atom stereocenters. The van der Waals surface area contributed by atoms with Crippen molar-refractivity contribution in [3.05, 3.63) is 55.7 Å². The quantitative estimate of drug-likeness (QED) is 0.593. The molecule has 0 radical (unpaired) electrons. The van der Waals surface area contributed by atoms with Gasteiger partial charge in [0.2, 0.25) is 0 Å². The maximum atomic E-state index is 12.7. The first-order chi connectivity index (χ1) is 12.9. The lowest BCUT2D eigenvalue weighted by Gasteiger charge is -2.15. The van der Waals surface area contributed by atoms with E-state index in [9.17, 15) is 14.4 Å². The molecule has 3 N–H and O–H groups in total. The number of ketones is 1. The second-order valence-corrected chi connectivity index (χ2v) is 7.46. The molecule has 9 heteroatoms. The maximum absolute atomic E-state index is 12.7. The van der Waals surface area contributed by atoms with E-state index in [0.717, 1.165) is 15.2 Å². The van der Waals surface area contributed by atoms with E-state index in [1.807, 2.05) is 31.2 Å². The van der Waals surface area contributed by atoms with Gasteiger partial charge in [0, 0.05) is 6.54 Å². The molecule has 0 spiro atoms. The van der Waals surface area contributed by atoms with Crippen LogP contribution in [0.25, 0.3) is 10.2 Å². The number of benzene rings is 1. The highest BCUT2D eigenvalue weighted by Crippen LogP contribution is 2.22. The van der Waals surface area contributed by atoms with Crippen LogP contribution in [0.1, 0.15) is 28.7 Å². The number of thiazole rings is 1. The van der Waals surface area contributed by atoms with Gasteiger partial charge in [0.25, 0.3) is 5.56 Å². The van der Waals surface area contributed by atoms with E-state index in [-0.39, 0.29) is 17.9 Å². The highest BCUT2D eigenvalue weighted by atomic mass is 32.1. The average molecular weight is 387 g/mol. The van der Waals surface area contributed by atoms with E-state index in [1.54, 1.807) is 23.3 Å². The van der Waals surface area contributed by atoms with Crippen molar-refractivity contribution >= 4 is 33.2 Å². The number of aromatic nitrogens is 3. The third-order valence-electron chi connectivity index (χ3n) is 4.12. The largest absolute Gasteiger partial charge is 0.384 e. The van der Waals surface area contributed by atoms with Gasteiger partial charge in [0.15, 0.2) is 5.78 Å². The van der Waals surface area contributed by atoms with Crippen LogP contribution in [0.2, 0.25) is 0 Å². The Morgan fingerprint density at radius 3 is 2.78 bits per heavy atom. The Balaban J connectivity index is 1.79. The smallest absolute Gasteiger partial charge is 0.329 e. The van der Waals surface area contributed by atoms with Gasteiger partial charge in [0.1, 0.15) is 16.4 Å². The molecule has 0 fully saturated rings. The molecule has 2 aromatic heterocycles. The number of hydrogen-bond acceptors (Lipinski definition) is 7. The van der Waals surface area contributed by atoms with Crippen LogP contribution in [0.5, 0.6) is 0 Å². The van der Waals surface area contributed by atoms with E-state index in [1.165, 1.54) is 4.57 Å². The Bertz CT molecular complexity index is 1070. The summed E-state index contributed by atoms with van der Waals surface area (Å²) in [5, 5.41) is 0.879. The molecule has 8 nitrogen and oxygen atoms in total. The molecule has 0 saturated carbocycles. The summed E-state index contributed by atoms with van der Waals surface area (Å²) < 4.78 is 2.31. The average Bonchev–Trinajstić information content (AvgIpc) is 3.00. The van der Waals surface area contributed by atoms with Gasteiger partial charge in [0.05, 0.1) is 23.3 Å². The lowest BCUT2D eigenvalue weighted by Crippen LogP contribution is -2.38. The number of para-hydroxylation sites is 1. The zero-order valence-corrected chi connectivity index (χ0v) is 16.0. The predicted octanol–water partition coefficient (Wildman–Crippen LogP) is 1.45. The second-order valence-electron chi connectivity index (χ2n) is 6.34. The van der Waals surface area contributed by atoms with Gasteiger partial charge in [-0.2, -0.15) is 0 Å². The van der Waals surface area contributed by atoms with Crippen molar-refractivity contribution in [2.24, 2.45) is 0 Å². The Hall–Kier alpha value is -2.78. The number of likely N-dealkylation sites (N-methyl/N-ethyl adjacent to an activating group) is 1. The molecule has 1 aromatic carbocycles. The first kappa shape index (κ1) is 19.0. The summed E-state index contributed by atoms with van der Waals surface area (Å²) in [5.41, 5.74) is 5.35. The third-order valence-corrected chi connectivity index (χ3v) is 5.14. The van der Waals surface area contributed by atoms with Crippen molar-refractivity contribution in [2.45, 2.75) is 26.4 Å². The van der Waals surface area contributed by atoms with Crippen molar-refractivity contribution in [3.63, 3.8) is 0 Å². The Labute approximate surface area is 159 Å². The second kappa shape index (κ2) is 7.85. The monoisotopic (exact) mass is 387 g/mol. The topological polar surface area (TPSA) is 114 Å². The van der Waals surface area contributed by atoms with Crippen molar-refractivity contribution in [1.29, 1.82) is 0 Å². The van der Waals surface area contributed by atoms with Crippen LogP contribution in [0, 0.1) is 0 Å². The van der Waals surface area contributed by atoms with E-state index in [4.69, 9.17) is 5.73 Å². The van der Waals surface area contributed by atoms with E-state index < -0.39 is 17.0 Å².